The fourth-order valence-electron chi connectivity index (χ4n) is 2.55. The minimum Gasteiger partial charge on any atom is -0.465 e. The van der Waals surface area contributed by atoms with Crippen LogP contribution >= 0.6 is 11.6 Å². The highest BCUT2D eigenvalue weighted by Crippen LogP contribution is 2.17. The number of rotatable bonds is 6. The van der Waals surface area contributed by atoms with Crippen molar-refractivity contribution in [3.05, 3.63) is 76.3 Å². The smallest absolute Gasteiger partial charge is 0.341 e. The highest BCUT2D eigenvalue weighted by molar-refractivity contribution is 6.30. The van der Waals surface area contributed by atoms with Crippen LogP contribution in [0.2, 0.25) is 5.02 Å². The lowest BCUT2D eigenvalue weighted by atomic mass is 10.2. The Hall–Kier alpha value is -3.32. The van der Waals surface area contributed by atoms with Crippen molar-refractivity contribution in [2.75, 3.05) is 12.4 Å². The van der Waals surface area contributed by atoms with Crippen molar-refractivity contribution < 1.29 is 18.7 Å². The Bertz CT molecular complexity index is 1020. The molecule has 3 aromatic rings. The number of carbonyl (C=O) groups excluding carboxylic acids is 2. The lowest BCUT2D eigenvalue weighted by molar-refractivity contribution is -0.111. The van der Waals surface area contributed by atoms with E-state index < -0.39 is 5.97 Å². The van der Waals surface area contributed by atoms with E-state index in [4.69, 9.17) is 16.0 Å². The van der Waals surface area contributed by atoms with E-state index in [1.165, 1.54) is 25.3 Å². The predicted molar refractivity (Wildman–Crippen MR) is 105 cm³/mol. The van der Waals surface area contributed by atoms with Gasteiger partial charge in [-0.2, -0.15) is 5.10 Å². The maximum Gasteiger partial charge on any atom is 0.341 e. The van der Waals surface area contributed by atoms with E-state index in [1.54, 1.807) is 36.0 Å². The van der Waals surface area contributed by atoms with Crippen LogP contribution in [0, 0.1) is 6.92 Å². The number of aromatic nitrogens is 2. The third-order valence-corrected chi connectivity index (χ3v) is 4.21. The Balaban J connectivity index is 1.66. The first-order valence-electron chi connectivity index (χ1n) is 8.40. The normalized spacial score (nSPS) is 11.0. The van der Waals surface area contributed by atoms with E-state index in [0.717, 1.165) is 5.56 Å². The number of benzene rings is 1. The summed E-state index contributed by atoms with van der Waals surface area (Å²) in [6, 6.07) is 10.6. The summed E-state index contributed by atoms with van der Waals surface area (Å²) in [5.74, 6) is 0.508. The number of amides is 1. The van der Waals surface area contributed by atoms with Gasteiger partial charge in [0.25, 0.3) is 0 Å². The SMILES string of the molecule is COC(=O)c1cc(/C=C/C(=O)Nc2ccnn2Cc2ccc(Cl)cc2)oc1C. The Morgan fingerprint density at radius 3 is 2.75 bits per heavy atom. The molecule has 0 aliphatic heterocycles. The Morgan fingerprint density at radius 2 is 2.04 bits per heavy atom. The van der Waals surface area contributed by atoms with Crippen molar-refractivity contribution in [2.45, 2.75) is 13.5 Å². The third-order valence-electron chi connectivity index (χ3n) is 3.95. The van der Waals surface area contributed by atoms with Crippen LogP contribution in [0.3, 0.4) is 0 Å². The summed E-state index contributed by atoms with van der Waals surface area (Å²) in [5.41, 5.74) is 1.32. The molecular formula is C20H18ClN3O4. The number of carbonyl (C=O) groups is 2. The fourth-order valence-corrected chi connectivity index (χ4v) is 2.68. The second kappa shape index (κ2) is 8.58. The van der Waals surface area contributed by atoms with E-state index in [9.17, 15) is 9.59 Å². The van der Waals surface area contributed by atoms with Crippen molar-refractivity contribution in [1.29, 1.82) is 0 Å². The van der Waals surface area contributed by atoms with Crippen LogP contribution in [0.15, 0.2) is 53.1 Å². The van der Waals surface area contributed by atoms with Crippen LogP contribution in [0.25, 0.3) is 6.08 Å². The van der Waals surface area contributed by atoms with Crippen LogP contribution in [0.1, 0.15) is 27.4 Å². The van der Waals surface area contributed by atoms with Gasteiger partial charge in [-0.15, -0.1) is 0 Å². The summed E-state index contributed by atoms with van der Waals surface area (Å²) < 4.78 is 11.8. The van der Waals surface area contributed by atoms with E-state index in [0.29, 0.717) is 34.5 Å². The quantitative estimate of drug-likeness (QED) is 0.501. The zero-order chi connectivity index (χ0) is 20.1. The van der Waals surface area contributed by atoms with Crippen molar-refractivity contribution in [3.63, 3.8) is 0 Å². The first-order valence-corrected chi connectivity index (χ1v) is 8.78. The zero-order valence-electron chi connectivity index (χ0n) is 15.3. The van der Waals surface area contributed by atoms with Gasteiger partial charge in [0, 0.05) is 17.2 Å². The van der Waals surface area contributed by atoms with E-state index >= 15 is 0 Å². The molecule has 7 nitrogen and oxygen atoms in total. The van der Waals surface area contributed by atoms with E-state index in [2.05, 4.69) is 15.2 Å². The lowest BCUT2D eigenvalue weighted by Crippen LogP contribution is -2.13. The van der Waals surface area contributed by atoms with Crippen LogP contribution in [-0.4, -0.2) is 28.8 Å². The molecule has 8 heteroatoms. The van der Waals surface area contributed by atoms with Gasteiger partial charge < -0.3 is 14.5 Å². The standard InChI is InChI=1S/C20H18ClN3O4/c1-13-17(20(26)27-2)11-16(28-13)7-8-19(25)23-18-9-10-22-24(18)12-14-3-5-15(21)6-4-14/h3-11H,12H2,1-2H3,(H,23,25)/b8-7+. The van der Waals surface area contributed by atoms with Crippen molar-refractivity contribution in [3.8, 4) is 0 Å². The van der Waals surface area contributed by atoms with Gasteiger partial charge in [-0.05, 0) is 36.8 Å². The molecule has 0 radical (unpaired) electrons. The van der Waals surface area contributed by atoms with Gasteiger partial charge in [0.05, 0.1) is 19.9 Å². The van der Waals surface area contributed by atoms with Crippen molar-refractivity contribution in [2.24, 2.45) is 0 Å². The van der Waals surface area contributed by atoms with Gasteiger partial charge in [-0.1, -0.05) is 23.7 Å². The fraction of sp³-hybridized carbons (Fsp3) is 0.150. The Labute approximate surface area is 166 Å². The molecule has 144 valence electrons. The monoisotopic (exact) mass is 399 g/mol. The predicted octanol–water partition coefficient (Wildman–Crippen LogP) is 3.92. The van der Waals surface area contributed by atoms with Crippen LogP contribution in [0.5, 0.6) is 0 Å². The average molecular weight is 400 g/mol. The minimum absolute atomic E-state index is 0.323. The maximum atomic E-state index is 12.2. The Kier molecular flexibility index (Phi) is 5.96. The van der Waals surface area contributed by atoms with E-state index in [1.807, 2.05) is 12.1 Å². The summed E-state index contributed by atoms with van der Waals surface area (Å²) in [6.45, 7) is 2.14. The maximum absolute atomic E-state index is 12.2. The molecule has 0 fully saturated rings. The molecule has 2 aromatic heterocycles. The molecule has 2 heterocycles. The second-order valence-electron chi connectivity index (χ2n) is 5.93. The van der Waals surface area contributed by atoms with Crippen LogP contribution in [0.4, 0.5) is 5.82 Å². The zero-order valence-corrected chi connectivity index (χ0v) is 16.1. The number of nitrogens with one attached hydrogen (secondary N) is 1. The van der Waals surface area contributed by atoms with Gasteiger partial charge in [-0.3, -0.25) is 4.79 Å². The van der Waals surface area contributed by atoms with Gasteiger partial charge in [0.15, 0.2) is 0 Å². The molecule has 0 spiro atoms. The minimum atomic E-state index is -0.489. The van der Waals surface area contributed by atoms with Crippen LogP contribution in [-0.2, 0) is 16.1 Å². The molecule has 0 atom stereocenters. The number of aryl methyl sites for hydroxylation is 1. The molecule has 0 saturated carbocycles. The largest absolute Gasteiger partial charge is 0.465 e. The molecule has 0 bridgehead atoms. The summed E-state index contributed by atoms with van der Waals surface area (Å²) in [7, 11) is 1.30. The number of ether oxygens (including phenoxy) is 1. The molecule has 0 saturated heterocycles. The molecule has 0 unspecified atom stereocenters. The molecule has 1 N–H and O–H groups in total. The van der Waals surface area contributed by atoms with Gasteiger partial charge in [0.2, 0.25) is 5.91 Å². The molecule has 0 aliphatic carbocycles. The summed E-state index contributed by atoms with van der Waals surface area (Å²) in [6.07, 6.45) is 4.40. The number of methoxy groups -OCH3 is 1. The molecule has 0 aliphatic rings. The summed E-state index contributed by atoms with van der Waals surface area (Å²) >= 11 is 5.90. The molecule has 1 amide bonds. The summed E-state index contributed by atoms with van der Waals surface area (Å²) in [5, 5.41) is 7.65. The number of furan rings is 1. The van der Waals surface area contributed by atoms with Crippen molar-refractivity contribution >= 4 is 35.4 Å². The first kappa shape index (κ1) is 19.4. The van der Waals surface area contributed by atoms with Crippen molar-refractivity contribution in [1.82, 2.24) is 9.78 Å². The molecule has 1 aromatic carbocycles. The molecule has 28 heavy (non-hydrogen) atoms. The molecular weight excluding hydrogens is 382 g/mol. The van der Waals surface area contributed by atoms with E-state index in [-0.39, 0.29) is 5.91 Å². The lowest BCUT2D eigenvalue weighted by Gasteiger charge is -2.08. The number of esters is 1. The molecule has 3 rings (SSSR count). The van der Waals surface area contributed by atoms with Gasteiger partial charge in [0.1, 0.15) is 22.9 Å². The number of hydrogen-bond acceptors (Lipinski definition) is 5. The highest BCUT2D eigenvalue weighted by atomic mass is 35.5. The number of halogens is 1. The number of hydrogen-bond donors (Lipinski definition) is 1. The van der Waals surface area contributed by atoms with Gasteiger partial charge in [-0.25, -0.2) is 9.48 Å². The number of anilines is 1. The average Bonchev–Trinajstić information content (AvgIpc) is 3.27. The second-order valence-corrected chi connectivity index (χ2v) is 6.37. The Morgan fingerprint density at radius 1 is 1.29 bits per heavy atom. The number of nitrogens with zero attached hydrogens (tertiary/aromatic N) is 2. The summed E-state index contributed by atoms with van der Waals surface area (Å²) in [4.78, 5) is 23.8. The third kappa shape index (κ3) is 4.69. The van der Waals surface area contributed by atoms with Crippen LogP contribution < -0.4 is 5.32 Å². The van der Waals surface area contributed by atoms with Gasteiger partial charge >= 0.3 is 5.97 Å². The highest BCUT2D eigenvalue weighted by Gasteiger charge is 2.14. The topological polar surface area (TPSA) is 86.4 Å². The first-order chi connectivity index (χ1) is 13.5.